The molecule has 7 nitrogen and oxygen atoms in total. The van der Waals surface area contributed by atoms with E-state index in [1.165, 1.54) is 23.9 Å². The molecule has 1 aliphatic carbocycles. The largest absolute Gasteiger partial charge is 0.410 e. The number of nitrogens with zero attached hydrogens (tertiary/aromatic N) is 2. The lowest BCUT2D eigenvalue weighted by Gasteiger charge is -2.16. The lowest BCUT2D eigenvalue weighted by atomic mass is 9.90. The van der Waals surface area contributed by atoms with Crippen molar-refractivity contribution in [1.29, 1.82) is 0 Å². The van der Waals surface area contributed by atoms with Crippen LogP contribution in [0.5, 0.6) is 0 Å². The fourth-order valence-corrected chi connectivity index (χ4v) is 4.22. The molecule has 0 aliphatic heterocycles. The molecular weight excluding hydrogens is 348 g/mol. The maximum atomic E-state index is 11.5. The Labute approximate surface area is 147 Å². The van der Waals surface area contributed by atoms with Gasteiger partial charge in [-0.1, -0.05) is 18.7 Å². The first kappa shape index (κ1) is 17.0. The van der Waals surface area contributed by atoms with Gasteiger partial charge in [0.15, 0.2) is 0 Å². The zero-order valence-corrected chi connectivity index (χ0v) is 15.1. The highest BCUT2D eigenvalue weighted by Crippen LogP contribution is 2.37. The summed E-state index contributed by atoms with van der Waals surface area (Å²) in [5.74, 6) is 0.816. The maximum Gasteiger partial charge on any atom is 0.321 e. The van der Waals surface area contributed by atoms with E-state index in [2.05, 4.69) is 33.8 Å². The number of nitrogens with one attached hydrogen (secondary N) is 2. The Morgan fingerprint density at radius 1 is 1.46 bits per heavy atom. The smallest absolute Gasteiger partial charge is 0.321 e. The summed E-state index contributed by atoms with van der Waals surface area (Å²) >= 11 is 2.81. The molecule has 0 radical (unpaired) electrons. The maximum absolute atomic E-state index is 11.5. The van der Waals surface area contributed by atoms with Crippen molar-refractivity contribution >= 4 is 35.0 Å². The van der Waals surface area contributed by atoms with E-state index < -0.39 is 11.9 Å². The number of imide groups is 1. The molecule has 0 aromatic carbocycles. The highest BCUT2D eigenvalue weighted by molar-refractivity contribution is 7.99. The molecule has 2 aromatic rings. The third kappa shape index (κ3) is 3.96. The van der Waals surface area contributed by atoms with E-state index in [4.69, 9.17) is 4.42 Å². The summed E-state index contributed by atoms with van der Waals surface area (Å²) < 4.78 is 5.63. The van der Waals surface area contributed by atoms with Gasteiger partial charge in [-0.2, -0.15) is 0 Å². The van der Waals surface area contributed by atoms with Crippen LogP contribution in [0, 0.1) is 5.92 Å². The normalized spacial score (nSPS) is 16.5. The Morgan fingerprint density at radius 2 is 2.29 bits per heavy atom. The van der Waals surface area contributed by atoms with Crippen molar-refractivity contribution in [3.63, 3.8) is 0 Å². The minimum atomic E-state index is -0.537. The molecule has 0 spiro atoms. The van der Waals surface area contributed by atoms with Crippen LogP contribution in [0.1, 0.15) is 23.8 Å². The molecule has 2 N–H and O–H groups in total. The first-order chi connectivity index (χ1) is 11.5. The Morgan fingerprint density at radius 3 is 3.08 bits per heavy atom. The third-order valence-corrected chi connectivity index (χ3v) is 5.80. The van der Waals surface area contributed by atoms with Crippen molar-refractivity contribution < 1.29 is 14.0 Å². The van der Waals surface area contributed by atoms with E-state index in [1.807, 2.05) is 0 Å². The topological polar surface area (TPSA) is 97.1 Å². The van der Waals surface area contributed by atoms with Crippen molar-refractivity contribution in [3.8, 4) is 10.8 Å². The van der Waals surface area contributed by atoms with Crippen molar-refractivity contribution in [2.75, 3.05) is 12.8 Å². The van der Waals surface area contributed by atoms with E-state index in [1.54, 1.807) is 11.3 Å². The van der Waals surface area contributed by atoms with Crippen LogP contribution in [0.15, 0.2) is 15.7 Å². The number of hydrogen-bond acceptors (Lipinski definition) is 7. The van der Waals surface area contributed by atoms with Gasteiger partial charge in [0.25, 0.3) is 11.1 Å². The summed E-state index contributed by atoms with van der Waals surface area (Å²) in [5.41, 5.74) is 1.38. The lowest BCUT2D eigenvalue weighted by molar-refractivity contribution is -0.117. The summed E-state index contributed by atoms with van der Waals surface area (Å²) in [6.45, 7) is 2.27. The van der Waals surface area contributed by atoms with Crippen molar-refractivity contribution in [2.45, 2.75) is 31.4 Å². The summed E-state index contributed by atoms with van der Waals surface area (Å²) in [7, 11) is 1.45. The quantitative estimate of drug-likeness (QED) is 0.807. The van der Waals surface area contributed by atoms with Crippen LogP contribution in [0.3, 0.4) is 0 Å². The number of fused-ring (bicyclic) bond motifs is 1. The number of aryl methyl sites for hydroxylation is 1. The number of thiophene rings is 1. The molecule has 3 amide bonds. The van der Waals surface area contributed by atoms with Gasteiger partial charge in [-0.15, -0.1) is 21.5 Å². The van der Waals surface area contributed by atoms with Crippen LogP contribution >= 0.6 is 23.1 Å². The van der Waals surface area contributed by atoms with Crippen LogP contribution in [0.4, 0.5) is 4.79 Å². The second-order valence-electron chi connectivity index (χ2n) is 5.70. The summed E-state index contributed by atoms with van der Waals surface area (Å²) in [5, 5.41) is 12.8. The molecule has 0 saturated carbocycles. The molecule has 1 aliphatic rings. The zero-order chi connectivity index (χ0) is 17.1. The van der Waals surface area contributed by atoms with Gasteiger partial charge in [-0.05, 0) is 36.8 Å². The van der Waals surface area contributed by atoms with E-state index >= 15 is 0 Å². The number of hydrogen-bond donors (Lipinski definition) is 2. The fraction of sp³-hybridized carbons (Fsp3) is 0.467. The Bertz CT molecular complexity index is 756. The fourth-order valence-electron chi connectivity index (χ4n) is 2.53. The molecule has 128 valence electrons. The van der Waals surface area contributed by atoms with Gasteiger partial charge < -0.3 is 9.73 Å². The molecule has 3 rings (SSSR count). The van der Waals surface area contributed by atoms with Crippen LogP contribution in [0.2, 0.25) is 0 Å². The predicted molar refractivity (Wildman–Crippen MR) is 92.1 cm³/mol. The summed E-state index contributed by atoms with van der Waals surface area (Å²) in [6.07, 6.45) is 3.43. The number of carbonyl (C=O) groups excluding carboxylic acids is 2. The molecule has 2 heterocycles. The van der Waals surface area contributed by atoms with Gasteiger partial charge in [0, 0.05) is 11.9 Å². The first-order valence-electron chi connectivity index (χ1n) is 7.65. The molecule has 24 heavy (non-hydrogen) atoms. The number of amides is 3. The van der Waals surface area contributed by atoms with Gasteiger partial charge in [0.2, 0.25) is 5.91 Å². The van der Waals surface area contributed by atoms with Gasteiger partial charge in [-0.25, -0.2) is 4.79 Å². The van der Waals surface area contributed by atoms with Gasteiger partial charge in [-0.3, -0.25) is 10.1 Å². The number of thioether (sulfide) groups is 1. The molecule has 0 fully saturated rings. The molecule has 0 bridgehead atoms. The zero-order valence-electron chi connectivity index (χ0n) is 13.4. The van der Waals surface area contributed by atoms with E-state index in [-0.39, 0.29) is 5.75 Å². The monoisotopic (exact) mass is 366 g/mol. The predicted octanol–water partition coefficient (Wildman–Crippen LogP) is 2.47. The molecule has 9 heteroatoms. The average Bonchev–Trinajstić information content (AvgIpc) is 3.18. The third-order valence-electron chi connectivity index (χ3n) is 3.75. The van der Waals surface area contributed by atoms with Crippen molar-refractivity contribution in [3.05, 3.63) is 16.5 Å². The number of urea groups is 1. The van der Waals surface area contributed by atoms with E-state index in [9.17, 15) is 9.59 Å². The Hall–Kier alpha value is -1.87. The standard InChI is InChI=1S/C15H18N4O3S2/c1-8-3-4-10-9(5-8)6-11(24-10)13-18-19-15(22-13)23-7-12(20)17-14(21)16-2/h6,8H,3-5,7H2,1-2H3,(H2,16,17,20,21)/t8-/m1/s1. The van der Waals surface area contributed by atoms with Crippen molar-refractivity contribution in [2.24, 2.45) is 5.92 Å². The van der Waals surface area contributed by atoms with E-state index in [0.29, 0.717) is 17.0 Å². The number of aromatic nitrogens is 2. The highest BCUT2D eigenvalue weighted by Gasteiger charge is 2.21. The van der Waals surface area contributed by atoms with Crippen LogP contribution in [-0.4, -0.2) is 34.9 Å². The second-order valence-corrected chi connectivity index (χ2v) is 7.76. The first-order valence-corrected chi connectivity index (χ1v) is 9.45. The average molecular weight is 366 g/mol. The van der Waals surface area contributed by atoms with Crippen LogP contribution < -0.4 is 10.6 Å². The van der Waals surface area contributed by atoms with Crippen molar-refractivity contribution in [1.82, 2.24) is 20.8 Å². The Kier molecular flexibility index (Phi) is 5.20. The minimum absolute atomic E-state index is 0.0352. The van der Waals surface area contributed by atoms with Crippen LogP contribution in [-0.2, 0) is 17.6 Å². The van der Waals surface area contributed by atoms with Gasteiger partial charge >= 0.3 is 6.03 Å². The number of rotatable bonds is 4. The summed E-state index contributed by atoms with van der Waals surface area (Å²) in [4.78, 5) is 25.0. The highest BCUT2D eigenvalue weighted by atomic mass is 32.2. The van der Waals surface area contributed by atoms with Gasteiger partial charge in [0.05, 0.1) is 10.6 Å². The molecule has 0 unspecified atom stereocenters. The van der Waals surface area contributed by atoms with Crippen LogP contribution in [0.25, 0.3) is 10.8 Å². The molecule has 1 atom stereocenters. The second kappa shape index (κ2) is 7.35. The minimum Gasteiger partial charge on any atom is -0.410 e. The SMILES string of the molecule is CNC(=O)NC(=O)CSc1nnc(-c2cc3c(s2)CC[C@@H](C)C3)o1. The van der Waals surface area contributed by atoms with Gasteiger partial charge in [0.1, 0.15) is 0 Å². The van der Waals surface area contributed by atoms with E-state index in [0.717, 1.165) is 29.5 Å². The lowest BCUT2D eigenvalue weighted by Crippen LogP contribution is -2.38. The number of carbonyl (C=O) groups is 2. The summed E-state index contributed by atoms with van der Waals surface area (Å²) in [6, 6.07) is 1.60. The molecule has 0 saturated heterocycles. The molecular formula is C15H18N4O3S2. The Balaban J connectivity index is 1.62. The molecule has 2 aromatic heterocycles.